The second kappa shape index (κ2) is 6.58. The van der Waals surface area contributed by atoms with Gasteiger partial charge in [0.25, 0.3) is 0 Å². The van der Waals surface area contributed by atoms with Gasteiger partial charge in [-0.25, -0.2) is 0 Å². The molecular formula is C22H22ClN. The zero-order chi connectivity index (χ0) is 16.5. The van der Waals surface area contributed by atoms with Crippen LogP contribution in [0.25, 0.3) is 10.8 Å². The molecule has 1 aliphatic rings. The molecule has 1 unspecified atom stereocenters. The van der Waals surface area contributed by atoms with Crippen LogP contribution in [0.3, 0.4) is 0 Å². The molecular weight excluding hydrogens is 314 g/mol. The molecule has 4 rings (SSSR count). The van der Waals surface area contributed by atoms with Crippen molar-refractivity contribution >= 4 is 22.4 Å². The van der Waals surface area contributed by atoms with Crippen LogP contribution < -0.4 is 5.32 Å². The number of benzene rings is 3. The van der Waals surface area contributed by atoms with Crippen molar-refractivity contribution in [2.24, 2.45) is 0 Å². The average Bonchev–Trinajstić information content (AvgIpc) is 2.59. The molecule has 0 saturated heterocycles. The smallest absolute Gasteiger partial charge is 0.0484 e. The van der Waals surface area contributed by atoms with Crippen LogP contribution in [0, 0.1) is 0 Å². The summed E-state index contributed by atoms with van der Waals surface area (Å²) in [6.45, 7) is 2.26. The molecule has 0 aliphatic heterocycles. The van der Waals surface area contributed by atoms with Crippen molar-refractivity contribution in [3.05, 3.63) is 82.9 Å². The largest absolute Gasteiger partial charge is 0.307 e. The fourth-order valence-electron chi connectivity index (χ4n) is 3.86. The van der Waals surface area contributed by atoms with Gasteiger partial charge in [0.05, 0.1) is 0 Å². The first-order chi connectivity index (χ1) is 11.7. The highest BCUT2D eigenvalue weighted by atomic mass is 35.5. The monoisotopic (exact) mass is 335 g/mol. The van der Waals surface area contributed by atoms with E-state index < -0.39 is 0 Å². The molecule has 0 amide bonds. The lowest BCUT2D eigenvalue weighted by atomic mass is 9.75. The Morgan fingerprint density at radius 3 is 2.29 bits per heavy atom. The highest BCUT2D eigenvalue weighted by Gasteiger charge is 2.31. The SMILES string of the molecule is CC(NC1CC(c2ccccc2)C1)c1ccc(Cl)c2ccccc12. The lowest BCUT2D eigenvalue weighted by molar-refractivity contribution is 0.271. The molecule has 3 aromatic carbocycles. The van der Waals surface area contributed by atoms with Crippen LogP contribution in [0.2, 0.25) is 5.02 Å². The van der Waals surface area contributed by atoms with E-state index >= 15 is 0 Å². The Bertz CT molecular complexity index is 837. The molecule has 0 aromatic heterocycles. The fourth-order valence-corrected chi connectivity index (χ4v) is 4.09. The lowest BCUT2D eigenvalue weighted by Crippen LogP contribution is -2.41. The molecule has 1 aliphatic carbocycles. The molecule has 1 N–H and O–H groups in total. The van der Waals surface area contributed by atoms with Gasteiger partial charge in [-0.1, -0.05) is 72.3 Å². The van der Waals surface area contributed by atoms with Crippen LogP contribution in [0.15, 0.2) is 66.7 Å². The van der Waals surface area contributed by atoms with E-state index in [1.165, 1.54) is 29.4 Å². The lowest BCUT2D eigenvalue weighted by Gasteiger charge is -2.38. The summed E-state index contributed by atoms with van der Waals surface area (Å²) in [5.74, 6) is 0.706. The van der Waals surface area contributed by atoms with Crippen LogP contribution in [0.4, 0.5) is 0 Å². The second-order valence-electron chi connectivity index (χ2n) is 6.85. The van der Waals surface area contributed by atoms with Gasteiger partial charge in [0.2, 0.25) is 0 Å². The van der Waals surface area contributed by atoms with E-state index in [0.717, 1.165) is 10.4 Å². The molecule has 1 nitrogen and oxygen atoms in total. The highest BCUT2D eigenvalue weighted by Crippen LogP contribution is 2.38. The quantitative estimate of drug-likeness (QED) is 0.608. The van der Waals surface area contributed by atoms with Crippen molar-refractivity contribution in [2.45, 2.75) is 37.8 Å². The Morgan fingerprint density at radius 2 is 1.54 bits per heavy atom. The van der Waals surface area contributed by atoms with Crippen LogP contribution in [0.5, 0.6) is 0 Å². The minimum absolute atomic E-state index is 0.328. The van der Waals surface area contributed by atoms with Crippen LogP contribution in [-0.4, -0.2) is 6.04 Å². The third-order valence-electron chi connectivity index (χ3n) is 5.27. The summed E-state index contributed by atoms with van der Waals surface area (Å²) in [7, 11) is 0. The number of nitrogens with one attached hydrogen (secondary N) is 1. The predicted molar refractivity (Wildman–Crippen MR) is 103 cm³/mol. The standard InChI is InChI=1S/C22H22ClN/c1-15(19-11-12-22(23)21-10-6-5-9-20(19)21)24-18-13-17(14-18)16-7-3-2-4-8-16/h2-12,15,17-18,24H,13-14H2,1H3. The third kappa shape index (κ3) is 2.94. The summed E-state index contributed by atoms with van der Waals surface area (Å²) in [6, 6.07) is 24.4. The summed E-state index contributed by atoms with van der Waals surface area (Å²) in [6.07, 6.45) is 2.44. The Hall–Kier alpha value is -1.83. The molecule has 1 atom stereocenters. The van der Waals surface area contributed by atoms with Crippen molar-refractivity contribution in [1.29, 1.82) is 0 Å². The highest BCUT2D eigenvalue weighted by molar-refractivity contribution is 6.35. The molecule has 0 heterocycles. The summed E-state index contributed by atoms with van der Waals surface area (Å²) in [5, 5.41) is 7.02. The van der Waals surface area contributed by atoms with Crippen LogP contribution >= 0.6 is 11.6 Å². The van der Waals surface area contributed by atoms with E-state index in [4.69, 9.17) is 11.6 Å². The van der Waals surface area contributed by atoms with Gasteiger partial charge in [-0.05, 0) is 48.3 Å². The van der Waals surface area contributed by atoms with Crippen molar-refractivity contribution in [3.63, 3.8) is 0 Å². The first-order valence-corrected chi connectivity index (χ1v) is 9.08. The molecule has 3 aromatic rings. The fraction of sp³-hybridized carbons (Fsp3) is 0.273. The first kappa shape index (κ1) is 15.7. The van der Waals surface area contributed by atoms with Gasteiger partial charge in [-0.2, -0.15) is 0 Å². The number of hydrogen-bond acceptors (Lipinski definition) is 1. The van der Waals surface area contributed by atoms with Crippen molar-refractivity contribution in [1.82, 2.24) is 5.32 Å². The number of halogens is 1. The predicted octanol–water partition coefficient (Wildman–Crippen LogP) is 6.09. The molecule has 0 spiro atoms. The van der Waals surface area contributed by atoms with Gasteiger partial charge in [0.1, 0.15) is 0 Å². The molecule has 2 heteroatoms. The summed E-state index contributed by atoms with van der Waals surface area (Å²) >= 11 is 6.34. The molecule has 122 valence electrons. The maximum Gasteiger partial charge on any atom is 0.0484 e. The van der Waals surface area contributed by atoms with E-state index in [-0.39, 0.29) is 0 Å². The summed E-state index contributed by atoms with van der Waals surface area (Å²) in [5.41, 5.74) is 2.80. The summed E-state index contributed by atoms with van der Waals surface area (Å²) in [4.78, 5) is 0. The zero-order valence-electron chi connectivity index (χ0n) is 13.9. The Balaban J connectivity index is 1.47. The van der Waals surface area contributed by atoms with Crippen LogP contribution in [-0.2, 0) is 0 Å². The van der Waals surface area contributed by atoms with Crippen molar-refractivity contribution in [2.75, 3.05) is 0 Å². The summed E-state index contributed by atoms with van der Waals surface area (Å²) < 4.78 is 0. The number of rotatable bonds is 4. The molecule has 0 bridgehead atoms. The topological polar surface area (TPSA) is 12.0 Å². The van der Waals surface area contributed by atoms with E-state index in [1.54, 1.807) is 0 Å². The Morgan fingerprint density at radius 1 is 0.875 bits per heavy atom. The minimum Gasteiger partial charge on any atom is -0.307 e. The van der Waals surface area contributed by atoms with Gasteiger partial charge in [0.15, 0.2) is 0 Å². The van der Waals surface area contributed by atoms with E-state index in [2.05, 4.69) is 66.8 Å². The normalized spacial score (nSPS) is 21.4. The molecule has 1 saturated carbocycles. The zero-order valence-corrected chi connectivity index (χ0v) is 14.6. The number of hydrogen-bond donors (Lipinski definition) is 1. The third-order valence-corrected chi connectivity index (χ3v) is 5.60. The first-order valence-electron chi connectivity index (χ1n) is 8.70. The Labute approximate surface area is 148 Å². The average molecular weight is 336 g/mol. The molecule has 24 heavy (non-hydrogen) atoms. The minimum atomic E-state index is 0.328. The van der Waals surface area contributed by atoms with Crippen molar-refractivity contribution < 1.29 is 0 Å². The van der Waals surface area contributed by atoms with Gasteiger partial charge in [-0.15, -0.1) is 0 Å². The maximum atomic E-state index is 6.34. The second-order valence-corrected chi connectivity index (χ2v) is 7.25. The van der Waals surface area contributed by atoms with E-state index in [1.807, 2.05) is 12.1 Å². The van der Waals surface area contributed by atoms with Crippen LogP contribution in [0.1, 0.15) is 42.9 Å². The van der Waals surface area contributed by atoms with Gasteiger partial charge in [0, 0.05) is 22.5 Å². The van der Waals surface area contributed by atoms with E-state index in [9.17, 15) is 0 Å². The molecule has 1 fully saturated rings. The van der Waals surface area contributed by atoms with Gasteiger partial charge < -0.3 is 5.32 Å². The maximum absolute atomic E-state index is 6.34. The Kier molecular flexibility index (Phi) is 4.30. The van der Waals surface area contributed by atoms with E-state index in [0.29, 0.717) is 18.0 Å². The molecule has 0 radical (unpaired) electrons. The van der Waals surface area contributed by atoms with Gasteiger partial charge >= 0.3 is 0 Å². The van der Waals surface area contributed by atoms with Gasteiger partial charge in [-0.3, -0.25) is 0 Å². The number of fused-ring (bicyclic) bond motifs is 1. The van der Waals surface area contributed by atoms with Crippen molar-refractivity contribution in [3.8, 4) is 0 Å².